The van der Waals surface area contributed by atoms with Gasteiger partial charge in [-0.05, 0) is 42.7 Å². The Morgan fingerprint density at radius 2 is 2.00 bits per heavy atom. The summed E-state index contributed by atoms with van der Waals surface area (Å²) in [5.74, 6) is 0.396. The van der Waals surface area contributed by atoms with Gasteiger partial charge in [-0.1, -0.05) is 11.6 Å². The van der Waals surface area contributed by atoms with Crippen LogP contribution >= 0.6 is 11.6 Å². The summed E-state index contributed by atoms with van der Waals surface area (Å²) >= 11 is 6.37. The van der Waals surface area contributed by atoms with E-state index in [9.17, 15) is 14.4 Å². The monoisotopic (exact) mass is 459 g/mol. The van der Waals surface area contributed by atoms with Crippen molar-refractivity contribution in [1.82, 2.24) is 24.6 Å². The number of urea groups is 1. The van der Waals surface area contributed by atoms with Gasteiger partial charge in [0.2, 0.25) is 0 Å². The molecule has 168 valence electrons. The minimum Gasteiger partial charge on any atom is -0.349 e. The van der Waals surface area contributed by atoms with E-state index in [2.05, 4.69) is 15.3 Å². The van der Waals surface area contributed by atoms with E-state index in [0.29, 0.717) is 48.4 Å². The van der Waals surface area contributed by atoms with Crippen molar-refractivity contribution in [2.45, 2.75) is 18.9 Å². The van der Waals surface area contributed by atoms with E-state index in [4.69, 9.17) is 16.6 Å². The maximum atomic E-state index is 13.9. The van der Waals surface area contributed by atoms with Crippen LogP contribution in [-0.2, 0) is 0 Å². The van der Waals surface area contributed by atoms with Crippen LogP contribution in [0.15, 0.2) is 36.7 Å². The molecule has 32 heavy (non-hydrogen) atoms. The number of carbonyl (C=O) groups excluding carboxylic acids is 1. The van der Waals surface area contributed by atoms with E-state index in [1.807, 2.05) is 6.07 Å². The fourth-order valence-corrected chi connectivity index (χ4v) is 4.58. The Morgan fingerprint density at radius 3 is 2.81 bits per heavy atom. The number of hydrogen-bond donors (Lipinski definition) is 2. The number of amides is 2. The molecule has 0 aliphatic carbocycles. The van der Waals surface area contributed by atoms with Crippen molar-refractivity contribution in [3.05, 3.63) is 53.1 Å². The summed E-state index contributed by atoms with van der Waals surface area (Å²) in [6.07, 6.45) is 5.14. The third kappa shape index (κ3) is 3.96. The molecular weight excluding hydrogens is 437 g/mol. The molecule has 2 aromatic heterocycles. The van der Waals surface area contributed by atoms with E-state index in [1.165, 1.54) is 17.2 Å². The van der Waals surface area contributed by atoms with Crippen LogP contribution in [-0.4, -0.2) is 68.5 Å². The normalized spacial score (nSPS) is 19.7. The summed E-state index contributed by atoms with van der Waals surface area (Å²) in [5.41, 5.74) is 1.77. The van der Waals surface area contributed by atoms with Crippen molar-refractivity contribution in [2.75, 3.05) is 42.9 Å². The zero-order valence-corrected chi connectivity index (χ0v) is 18.0. The van der Waals surface area contributed by atoms with Crippen LogP contribution in [0.25, 0.3) is 5.65 Å². The number of halogens is 2. The summed E-state index contributed by atoms with van der Waals surface area (Å²) in [4.78, 5) is 21.2. The second-order valence-electron chi connectivity index (χ2n) is 8.00. The molecule has 2 aliphatic rings. The molecule has 1 atom stereocenters. The van der Waals surface area contributed by atoms with Crippen LogP contribution in [0.5, 0.6) is 0 Å². The lowest BCUT2D eigenvalue weighted by atomic mass is 10.0. The Hall–Kier alpha value is -2.95. The van der Waals surface area contributed by atoms with Gasteiger partial charge in [0.15, 0.2) is 5.65 Å². The van der Waals surface area contributed by atoms with Gasteiger partial charge in [0.1, 0.15) is 17.3 Å². The topological polar surface area (TPSA) is 89.2 Å². The number of fused-ring (bicyclic) bond motifs is 1. The van der Waals surface area contributed by atoms with E-state index >= 15 is 0 Å². The minimum atomic E-state index is -0.317. The minimum absolute atomic E-state index is 0.0797. The summed E-state index contributed by atoms with van der Waals surface area (Å²) in [5, 5.41) is 18.4. The lowest BCUT2D eigenvalue weighted by Crippen LogP contribution is -2.48. The fourth-order valence-electron chi connectivity index (χ4n) is 4.33. The molecule has 2 amide bonds. The molecular formula is C21H23ClFN7O2. The number of nitrogens with zero attached hydrogens (tertiary/aromatic N) is 6. The van der Waals surface area contributed by atoms with Crippen molar-refractivity contribution in [2.24, 2.45) is 0 Å². The van der Waals surface area contributed by atoms with E-state index in [-0.39, 0.29) is 17.9 Å². The number of hydrogen-bond acceptors (Lipinski definition) is 6. The van der Waals surface area contributed by atoms with Gasteiger partial charge in [0, 0.05) is 43.9 Å². The summed E-state index contributed by atoms with van der Waals surface area (Å²) in [6.45, 7) is 2.45. The summed E-state index contributed by atoms with van der Waals surface area (Å²) in [7, 11) is 0. The van der Waals surface area contributed by atoms with Crippen LogP contribution in [0.4, 0.5) is 20.7 Å². The standard InChI is InChI=1S/C21H23ClFN7O2/c22-16-4-3-14(23)12-15(16)18-2-1-6-29(18)19-5-7-30-20(26-19)17(13-24-30)25-21(31)27-8-10-28(32)11-9-27/h3-5,7,12-13,18,32H,1-2,6,8-11H2,(H,25,31)/t18-/m1/s1. The molecule has 0 spiro atoms. The SMILES string of the molecule is O=C(Nc1cnn2ccc(N3CCC[C@@H]3c3cc(F)ccc3Cl)nc12)N1CCN(O)CC1. The van der Waals surface area contributed by atoms with Gasteiger partial charge in [-0.25, -0.2) is 18.7 Å². The molecule has 11 heteroatoms. The predicted molar refractivity (Wildman–Crippen MR) is 118 cm³/mol. The Morgan fingerprint density at radius 1 is 1.19 bits per heavy atom. The number of benzene rings is 1. The van der Waals surface area contributed by atoms with Crippen LogP contribution in [0.1, 0.15) is 24.4 Å². The highest BCUT2D eigenvalue weighted by Gasteiger charge is 2.29. The van der Waals surface area contributed by atoms with Gasteiger partial charge in [-0.2, -0.15) is 10.2 Å². The van der Waals surface area contributed by atoms with Crippen molar-refractivity contribution in [3.8, 4) is 0 Å². The molecule has 0 radical (unpaired) electrons. The molecule has 3 aromatic rings. The smallest absolute Gasteiger partial charge is 0.322 e. The number of piperazine rings is 1. The molecule has 0 unspecified atom stereocenters. The van der Waals surface area contributed by atoms with Gasteiger partial charge >= 0.3 is 6.03 Å². The predicted octanol–water partition coefficient (Wildman–Crippen LogP) is 3.40. The molecule has 2 aliphatic heterocycles. The Labute approximate surface area is 188 Å². The molecule has 2 N–H and O–H groups in total. The molecule has 2 fully saturated rings. The van der Waals surface area contributed by atoms with E-state index in [0.717, 1.165) is 24.9 Å². The van der Waals surface area contributed by atoms with Crippen LogP contribution in [0.2, 0.25) is 5.02 Å². The van der Waals surface area contributed by atoms with Gasteiger partial charge in [-0.15, -0.1) is 0 Å². The fraction of sp³-hybridized carbons (Fsp3) is 0.381. The first-order valence-electron chi connectivity index (χ1n) is 10.6. The van der Waals surface area contributed by atoms with Gasteiger partial charge in [0.25, 0.3) is 0 Å². The van der Waals surface area contributed by atoms with Crippen LogP contribution in [0, 0.1) is 5.82 Å². The van der Waals surface area contributed by atoms with Crippen LogP contribution < -0.4 is 10.2 Å². The number of carbonyl (C=O) groups is 1. The number of anilines is 2. The number of rotatable bonds is 3. The average Bonchev–Trinajstić information content (AvgIpc) is 3.43. The Kier molecular flexibility index (Phi) is 5.58. The zero-order valence-electron chi connectivity index (χ0n) is 17.3. The third-order valence-corrected chi connectivity index (χ3v) is 6.35. The van der Waals surface area contributed by atoms with Gasteiger partial charge in [-0.3, -0.25) is 0 Å². The lowest BCUT2D eigenvalue weighted by Gasteiger charge is -2.30. The highest BCUT2D eigenvalue weighted by Crippen LogP contribution is 2.38. The van der Waals surface area contributed by atoms with Crippen LogP contribution in [0.3, 0.4) is 0 Å². The second-order valence-corrected chi connectivity index (χ2v) is 8.41. The Balaban J connectivity index is 1.41. The maximum Gasteiger partial charge on any atom is 0.322 e. The van der Waals surface area contributed by atoms with E-state index < -0.39 is 0 Å². The molecule has 0 bridgehead atoms. The lowest BCUT2D eigenvalue weighted by molar-refractivity contribution is -0.111. The quantitative estimate of drug-likeness (QED) is 0.624. The van der Waals surface area contributed by atoms with Gasteiger partial charge < -0.3 is 20.3 Å². The van der Waals surface area contributed by atoms with Gasteiger partial charge in [0.05, 0.1) is 12.2 Å². The highest BCUT2D eigenvalue weighted by atomic mass is 35.5. The van der Waals surface area contributed by atoms with Crippen molar-refractivity contribution in [3.63, 3.8) is 0 Å². The first-order chi connectivity index (χ1) is 15.5. The maximum absolute atomic E-state index is 13.9. The van der Waals surface area contributed by atoms with Crippen molar-refractivity contribution < 1.29 is 14.4 Å². The average molecular weight is 460 g/mol. The molecule has 0 saturated carbocycles. The third-order valence-electron chi connectivity index (χ3n) is 6.00. The first-order valence-corrected chi connectivity index (χ1v) is 10.9. The highest BCUT2D eigenvalue weighted by molar-refractivity contribution is 6.31. The molecule has 2 saturated heterocycles. The molecule has 5 rings (SSSR count). The zero-order chi connectivity index (χ0) is 22.2. The molecule has 1 aromatic carbocycles. The van der Waals surface area contributed by atoms with E-state index in [1.54, 1.807) is 27.9 Å². The first kappa shape index (κ1) is 20.9. The molecule has 4 heterocycles. The molecule has 9 nitrogen and oxygen atoms in total. The van der Waals surface area contributed by atoms with Crippen molar-refractivity contribution >= 4 is 34.8 Å². The summed E-state index contributed by atoms with van der Waals surface area (Å²) < 4.78 is 15.5. The number of aromatic nitrogens is 3. The summed E-state index contributed by atoms with van der Waals surface area (Å²) in [6, 6.07) is 5.95. The largest absolute Gasteiger partial charge is 0.349 e. The van der Waals surface area contributed by atoms with Crippen molar-refractivity contribution in [1.29, 1.82) is 0 Å². The number of hydroxylamine groups is 2. The second kappa shape index (κ2) is 8.53. The Bertz CT molecular complexity index is 1150. The number of nitrogens with one attached hydrogen (secondary N) is 1.